The van der Waals surface area contributed by atoms with Gasteiger partial charge in [-0.15, -0.1) is 0 Å². The summed E-state index contributed by atoms with van der Waals surface area (Å²) in [5.41, 5.74) is 2.04. The van der Waals surface area contributed by atoms with Gasteiger partial charge in [0.15, 0.2) is 23.9 Å². The van der Waals surface area contributed by atoms with Crippen LogP contribution in [-0.4, -0.2) is 74.3 Å². The number of aromatic nitrogens is 1. The lowest BCUT2D eigenvalue weighted by Gasteiger charge is -2.26. The monoisotopic (exact) mass is 581 g/mol. The van der Waals surface area contributed by atoms with Crippen molar-refractivity contribution in [1.82, 2.24) is 9.80 Å². The minimum atomic E-state index is -0.0873. The Labute approximate surface area is 251 Å². The molecule has 2 saturated heterocycles. The highest BCUT2D eigenvalue weighted by atomic mass is 16.7. The zero-order valence-corrected chi connectivity index (χ0v) is 26.5. The Morgan fingerprint density at radius 1 is 1.24 bits per heavy atom. The van der Waals surface area contributed by atoms with E-state index in [1.165, 1.54) is 5.56 Å². The van der Waals surface area contributed by atoms with Crippen molar-refractivity contribution in [3.8, 4) is 17.2 Å². The number of rotatable bonds is 9. The number of hydrogen-bond acceptors (Lipinski definition) is 6. The highest BCUT2D eigenvalue weighted by molar-refractivity contribution is 5.94. The molecule has 3 aliphatic rings. The Hall–Kier alpha value is -3.33. The average molecular weight is 582 g/mol. The number of anilines is 1. The predicted octanol–water partition coefficient (Wildman–Crippen LogP) is 4.52. The van der Waals surface area contributed by atoms with Gasteiger partial charge in [0.25, 0.3) is 0 Å². The summed E-state index contributed by atoms with van der Waals surface area (Å²) in [5, 5.41) is 0. The molecule has 42 heavy (non-hydrogen) atoms. The number of fused-ring (bicyclic) bond motifs is 1. The third-order valence-corrected chi connectivity index (χ3v) is 8.72. The summed E-state index contributed by atoms with van der Waals surface area (Å²) in [6.45, 7) is 14.4. The number of ether oxygens (including phenoxy) is 3. The molecule has 0 spiro atoms. The van der Waals surface area contributed by atoms with E-state index in [0.29, 0.717) is 35.9 Å². The Morgan fingerprint density at radius 2 is 2.02 bits per heavy atom. The maximum Gasteiger partial charge on any atom is 0.241 e. The number of carbonyl (C=O) groups excluding carboxylic acids is 2. The molecule has 9 heteroatoms. The lowest BCUT2D eigenvalue weighted by molar-refractivity contribution is -0.670. The molecule has 4 heterocycles. The van der Waals surface area contributed by atoms with Crippen molar-refractivity contribution in [2.45, 2.75) is 72.3 Å². The van der Waals surface area contributed by atoms with E-state index in [2.05, 4.69) is 24.8 Å². The maximum absolute atomic E-state index is 13.4. The van der Waals surface area contributed by atoms with Gasteiger partial charge in [-0.25, -0.2) is 4.57 Å². The van der Waals surface area contributed by atoms with Crippen LogP contribution in [-0.2, 0) is 16.6 Å². The number of benzene rings is 1. The molecule has 0 N–H and O–H groups in total. The van der Waals surface area contributed by atoms with Crippen molar-refractivity contribution in [2.75, 3.05) is 51.5 Å². The third kappa shape index (κ3) is 7.17. The average Bonchev–Trinajstić information content (AvgIpc) is 3.66. The SMILES string of the molecule is CCCCN(C(=O)CN1C[C@H](c2cc(OC)c3c(c2)OCO3)C[C@@H]1C)c1ccc[n+](C)c1.CCN1CCC(C)(C)C1=O. The molecule has 1 aromatic heterocycles. The molecule has 0 saturated carbocycles. The minimum Gasteiger partial charge on any atom is -0.493 e. The topological polar surface area (TPSA) is 75.4 Å². The summed E-state index contributed by atoms with van der Waals surface area (Å²) in [6, 6.07) is 8.44. The number of hydrogen-bond donors (Lipinski definition) is 0. The van der Waals surface area contributed by atoms with Crippen LogP contribution in [0.2, 0.25) is 0 Å². The second-order valence-corrected chi connectivity index (χ2v) is 12.3. The molecule has 0 bridgehead atoms. The van der Waals surface area contributed by atoms with Crippen LogP contribution in [0.1, 0.15) is 71.8 Å². The number of methoxy groups -OCH3 is 1. The normalized spacial score (nSPS) is 20.8. The smallest absolute Gasteiger partial charge is 0.241 e. The molecule has 2 atom stereocenters. The van der Waals surface area contributed by atoms with Crippen molar-refractivity contribution < 1.29 is 28.4 Å². The molecule has 3 aliphatic heterocycles. The van der Waals surface area contributed by atoms with Crippen LogP contribution in [0.5, 0.6) is 17.2 Å². The van der Waals surface area contributed by atoms with Crippen molar-refractivity contribution in [2.24, 2.45) is 12.5 Å². The highest BCUT2D eigenvalue weighted by Gasteiger charge is 2.37. The first-order valence-corrected chi connectivity index (χ1v) is 15.3. The van der Waals surface area contributed by atoms with E-state index < -0.39 is 0 Å². The summed E-state index contributed by atoms with van der Waals surface area (Å²) in [6.07, 6.45) is 8.04. The zero-order valence-electron chi connectivity index (χ0n) is 26.5. The number of amides is 2. The highest BCUT2D eigenvalue weighted by Crippen LogP contribution is 2.45. The second kappa shape index (κ2) is 13.8. The van der Waals surface area contributed by atoms with Gasteiger partial charge < -0.3 is 24.0 Å². The van der Waals surface area contributed by atoms with E-state index in [-0.39, 0.29) is 18.1 Å². The lowest BCUT2D eigenvalue weighted by Crippen LogP contribution is -2.43. The second-order valence-electron chi connectivity index (χ2n) is 12.3. The van der Waals surface area contributed by atoms with E-state index >= 15 is 0 Å². The predicted molar refractivity (Wildman–Crippen MR) is 163 cm³/mol. The van der Waals surface area contributed by atoms with Crippen molar-refractivity contribution in [3.63, 3.8) is 0 Å². The van der Waals surface area contributed by atoms with Gasteiger partial charge in [0, 0.05) is 43.7 Å². The summed E-state index contributed by atoms with van der Waals surface area (Å²) in [7, 11) is 3.64. The summed E-state index contributed by atoms with van der Waals surface area (Å²) < 4.78 is 18.7. The fourth-order valence-electron chi connectivity index (χ4n) is 6.00. The Kier molecular flexibility index (Phi) is 10.4. The molecule has 230 valence electrons. The molecule has 0 aliphatic carbocycles. The minimum absolute atomic E-state index is 0.0873. The van der Waals surface area contributed by atoms with Crippen LogP contribution < -0.4 is 23.7 Å². The Bertz CT molecular complexity index is 1250. The number of likely N-dealkylation sites (tertiary alicyclic amines) is 2. The molecular weight excluding hydrogens is 532 g/mol. The molecule has 2 aromatic rings. The first kappa shape index (κ1) is 31.6. The molecule has 9 nitrogen and oxygen atoms in total. The lowest BCUT2D eigenvalue weighted by atomic mass is 9.92. The van der Waals surface area contributed by atoms with Gasteiger partial charge in [-0.05, 0) is 62.8 Å². The number of nitrogens with zero attached hydrogens (tertiary/aromatic N) is 4. The third-order valence-electron chi connectivity index (χ3n) is 8.72. The number of aryl methyl sites for hydroxylation is 1. The van der Waals surface area contributed by atoms with Crippen LogP contribution in [0.3, 0.4) is 0 Å². The maximum atomic E-state index is 13.4. The van der Waals surface area contributed by atoms with Crippen LogP contribution in [0.25, 0.3) is 0 Å². The molecule has 0 radical (unpaired) electrons. The standard InChI is InChI=1S/C25H34N3O4.C8H15NO/c1-5-6-10-28(21-8-7-9-26(3)15-21)24(29)16-27-14-20(11-18(27)2)19-12-22(30-4)25-23(13-19)31-17-32-25;1-4-9-6-5-8(2,3)7(9)10/h7-9,12-13,15,18,20H,5-6,10-11,14,16-17H2,1-4H3;4-6H2,1-3H3/q+1;/t18-,20+;/m0./s1. The van der Waals surface area contributed by atoms with E-state index in [0.717, 1.165) is 63.3 Å². The first-order valence-electron chi connectivity index (χ1n) is 15.3. The number of pyridine rings is 1. The molecule has 1 aromatic carbocycles. The van der Waals surface area contributed by atoms with E-state index in [1.807, 2.05) is 72.8 Å². The largest absolute Gasteiger partial charge is 0.493 e. The number of carbonyl (C=O) groups is 2. The van der Waals surface area contributed by atoms with Crippen LogP contribution in [0.4, 0.5) is 5.69 Å². The number of unbranched alkanes of at least 4 members (excludes halogenated alkanes) is 1. The van der Waals surface area contributed by atoms with Crippen LogP contribution >= 0.6 is 0 Å². The Morgan fingerprint density at radius 3 is 2.64 bits per heavy atom. The molecule has 2 amide bonds. The summed E-state index contributed by atoms with van der Waals surface area (Å²) >= 11 is 0. The van der Waals surface area contributed by atoms with E-state index in [9.17, 15) is 9.59 Å². The van der Waals surface area contributed by atoms with Crippen LogP contribution in [0, 0.1) is 5.41 Å². The molecule has 5 rings (SSSR count). The van der Waals surface area contributed by atoms with Gasteiger partial charge in [-0.2, -0.15) is 0 Å². The first-order chi connectivity index (χ1) is 20.1. The van der Waals surface area contributed by atoms with Crippen molar-refractivity contribution >= 4 is 17.5 Å². The molecular formula is C33H49N4O5+. The van der Waals surface area contributed by atoms with Gasteiger partial charge in [-0.3, -0.25) is 14.5 Å². The van der Waals surface area contributed by atoms with Crippen molar-refractivity contribution in [1.29, 1.82) is 0 Å². The van der Waals surface area contributed by atoms with Gasteiger partial charge in [-0.1, -0.05) is 27.2 Å². The van der Waals surface area contributed by atoms with E-state index in [1.54, 1.807) is 7.11 Å². The van der Waals surface area contributed by atoms with E-state index in [4.69, 9.17) is 14.2 Å². The van der Waals surface area contributed by atoms with Gasteiger partial charge in [0.2, 0.25) is 24.4 Å². The van der Waals surface area contributed by atoms with Crippen molar-refractivity contribution in [3.05, 3.63) is 42.2 Å². The zero-order chi connectivity index (χ0) is 30.4. The molecule has 2 fully saturated rings. The fraction of sp³-hybridized carbons (Fsp3) is 0.606. The Balaban J connectivity index is 0.000000343. The molecule has 0 unspecified atom stereocenters. The summed E-state index contributed by atoms with van der Waals surface area (Å²) in [5.74, 6) is 2.91. The van der Waals surface area contributed by atoms with Gasteiger partial charge >= 0.3 is 0 Å². The van der Waals surface area contributed by atoms with Gasteiger partial charge in [0.05, 0.1) is 13.7 Å². The van der Waals surface area contributed by atoms with Gasteiger partial charge in [0.1, 0.15) is 12.7 Å². The fourth-order valence-corrected chi connectivity index (χ4v) is 6.00. The summed E-state index contributed by atoms with van der Waals surface area (Å²) in [4.78, 5) is 30.9. The quantitative estimate of drug-likeness (QED) is 0.406. The van der Waals surface area contributed by atoms with Crippen LogP contribution in [0.15, 0.2) is 36.7 Å².